The van der Waals surface area contributed by atoms with Crippen molar-refractivity contribution >= 4 is 16.5 Å². The van der Waals surface area contributed by atoms with Gasteiger partial charge in [0.1, 0.15) is 23.7 Å². The third-order valence-corrected chi connectivity index (χ3v) is 5.92. The van der Waals surface area contributed by atoms with Gasteiger partial charge in [0.15, 0.2) is 0 Å². The van der Waals surface area contributed by atoms with Gasteiger partial charge in [-0.15, -0.1) is 0 Å². The summed E-state index contributed by atoms with van der Waals surface area (Å²) in [5.74, 6) is 0.596. The predicted octanol–water partition coefficient (Wildman–Crippen LogP) is 2.48. The standard InChI is InChI=1S/C23H24FN7O2/c1-25-8-3-9-33-15-6-4-13(5-7-15)20-19(22-26-12-27-31(22)2)21-18-16(23(32)30-29-21)10-14(24)11-17(18)28-20/h4-7,10-12,19-20,25,28H,3,8-9H2,1-2H3,(H,30,32). The lowest BCUT2D eigenvalue weighted by Crippen LogP contribution is -2.30. The third-order valence-electron chi connectivity index (χ3n) is 5.92. The van der Waals surface area contributed by atoms with Crippen molar-refractivity contribution in [2.45, 2.75) is 18.4 Å². The maximum absolute atomic E-state index is 14.3. The largest absolute Gasteiger partial charge is 0.494 e. The van der Waals surface area contributed by atoms with Gasteiger partial charge in [0.05, 0.1) is 29.6 Å². The van der Waals surface area contributed by atoms with E-state index in [0.29, 0.717) is 29.2 Å². The maximum Gasteiger partial charge on any atom is 0.272 e. The quantitative estimate of drug-likeness (QED) is 0.372. The molecule has 1 aliphatic rings. The predicted molar refractivity (Wildman–Crippen MR) is 122 cm³/mol. The van der Waals surface area contributed by atoms with Crippen LogP contribution in [0.2, 0.25) is 0 Å². The summed E-state index contributed by atoms with van der Waals surface area (Å²) in [4.78, 5) is 16.9. The number of aryl methyl sites for hydroxylation is 1. The summed E-state index contributed by atoms with van der Waals surface area (Å²) in [5.41, 5.74) is 1.65. The summed E-state index contributed by atoms with van der Waals surface area (Å²) in [6.45, 7) is 1.51. The first-order valence-electron chi connectivity index (χ1n) is 10.8. The van der Waals surface area contributed by atoms with E-state index < -0.39 is 11.4 Å². The SMILES string of the molecule is CNCCCOc1ccc(C2Nc3cc(F)cc4c(=O)[nH]nc(c34)C2c2ncnn2C)cc1. The van der Waals surface area contributed by atoms with Crippen molar-refractivity contribution in [3.05, 3.63) is 76.0 Å². The average molecular weight is 449 g/mol. The summed E-state index contributed by atoms with van der Waals surface area (Å²) >= 11 is 0. The smallest absolute Gasteiger partial charge is 0.272 e. The molecule has 0 radical (unpaired) electrons. The van der Waals surface area contributed by atoms with E-state index in [1.807, 2.05) is 38.4 Å². The van der Waals surface area contributed by atoms with Crippen molar-refractivity contribution in [2.24, 2.45) is 7.05 Å². The highest BCUT2D eigenvalue weighted by Crippen LogP contribution is 2.46. The summed E-state index contributed by atoms with van der Waals surface area (Å²) in [7, 11) is 3.72. The Morgan fingerprint density at radius 1 is 1.24 bits per heavy atom. The number of halogens is 1. The Balaban J connectivity index is 1.58. The Hall–Kier alpha value is -3.79. The van der Waals surface area contributed by atoms with Crippen LogP contribution in [-0.2, 0) is 7.05 Å². The van der Waals surface area contributed by atoms with Gasteiger partial charge in [-0.25, -0.2) is 14.5 Å². The van der Waals surface area contributed by atoms with E-state index in [4.69, 9.17) is 4.74 Å². The Morgan fingerprint density at radius 3 is 2.79 bits per heavy atom. The number of rotatable bonds is 7. The van der Waals surface area contributed by atoms with E-state index in [-0.39, 0.29) is 17.3 Å². The maximum atomic E-state index is 14.3. The molecule has 0 amide bonds. The highest BCUT2D eigenvalue weighted by Gasteiger charge is 2.37. The van der Waals surface area contributed by atoms with E-state index in [0.717, 1.165) is 24.3 Å². The second-order valence-electron chi connectivity index (χ2n) is 8.03. The lowest BCUT2D eigenvalue weighted by atomic mass is 9.83. The molecule has 0 spiro atoms. The van der Waals surface area contributed by atoms with Crippen LogP contribution in [0.4, 0.5) is 10.1 Å². The number of hydrogen-bond donors (Lipinski definition) is 3. The molecule has 4 aromatic rings. The highest BCUT2D eigenvalue weighted by molar-refractivity contribution is 5.97. The Morgan fingerprint density at radius 2 is 2.06 bits per heavy atom. The second kappa shape index (κ2) is 8.62. The van der Waals surface area contributed by atoms with Gasteiger partial charge in [-0.3, -0.25) is 9.48 Å². The van der Waals surface area contributed by atoms with Gasteiger partial charge in [-0.1, -0.05) is 12.1 Å². The third kappa shape index (κ3) is 3.82. The number of nitrogens with one attached hydrogen (secondary N) is 3. The van der Waals surface area contributed by atoms with Gasteiger partial charge < -0.3 is 15.4 Å². The second-order valence-corrected chi connectivity index (χ2v) is 8.03. The molecule has 3 heterocycles. The number of nitrogens with zero attached hydrogens (tertiary/aromatic N) is 4. The summed E-state index contributed by atoms with van der Waals surface area (Å²) in [6, 6.07) is 10.1. The molecule has 170 valence electrons. The van der Waals surface area contributed by atoms with Gasteiger partial charge in [0.2, 0.25) is 0 Å². The van der Waals surface area contributed by atoms with Crippen LogP contribution in [0.5, 0.6) is 5.75 Å². The zero-order valence-corrected chi connectivity index (χ0v) is 18.3. The molecule has 0 saturated heterocycles. The molecule has 2 atom stereocenters. The Bertz CT molecular complexity index is 1350. The summed E-state index contributed by atoms with van der Waals surface area (Å²) in [5, 5.41) is 18.5. The van der Waals surface area contributed by atoms with Crippen LogP contribution in [0.25, 0.3) is 10.8 Å². The number of hydrogen-bond acceptors (Lipinski definition) is 7. The Labute approximate surface area is 189 Å². The van der Waals surface area contributed by atoms with Crippen molar-refractivity contribution in [3.8, 4) is 5.75 Å². The molecule has 0 aliphatic carbocycles. The van der Waals surface area contributed by atoms with Crippen molar-refractivity contribution in [1.29, 1.82) is 0 Å². The van der Waals surface area contributed by atoms with Crippen molar-refractivity contribution in [1.82, 2.24) is 30.3 Å². The van der Waals surface area contributed by atoms with Crippen LogP contribution >= 0.6 is 0 Å². The molecule has 2 aromatic carbocycles. The fourth-order valence-electron chi connectivity index (χ4n) is 4.38. The van der Waals surface area contributed by atoms with Gasteiger partial charge in [0, 0.05) is 18.1 Å². The molecule has 1 aliphatic heterocycles. The number of anilines is 1. The van der Waals surface area contributed by atoms with Gasteiger partial charge in [-0.05, 0) is 49.8 Å². The summed E-state index contributed by atoms with van der Waals surface area (Å²) in [6.07, 6.45) is 2.39. The molecule has 5 rings (SSSR count). The van der Waals surface area contributed by atoms with Crippen LogP contribution in [0, 0.1) is 5.82 Å². The topological polar surface area (TPSA) is 110 Å². The van der Waals surface area contributed by atoms with Crippen LogP contribution in [0.1, 0.15) is 35.5 Å². The number of H-pyrrole nitrogens is 1. The first-order valence-corrected chi connectivity index (χ1v) is 10.8. The lowest BCUT2D eigenvalue weighted by molar-refractivity contribution is 0.309. The fourth-order valence-corrected chi connectivity index (χ4v) is 4.38. The zero-order chi connectivity index (χ0) is 22.9. The van der Waals surface area contributed by atoms with E-state index >= 15 is 0 Å². The molecule has 0 saturated carbocycles. The molecule has 10 heteroatoms. The van der Waals surface area contributed by atoms with Gasteiger partial charge in [0.25, 0.3) is 5.56 Å². The van der Waals surface area contributed by atoms with Crippen molar-refractivity contribution in [3.63, 3.8) is 0 Å². The molecule has 9 nitrogen and oxygen atoms in total. The van der Waals surface area contributed by atoms with E-state index in [1.165, 1.54) is 18.5 Å². The fraction of sp³-hybridized carbons (Fsp3) is 0.304. The van der Waals surface area contributed by atoms with Crippen LogP contribution in [0.15, 0.2) is 47.5 Å². The normalized spacial score (nSPS) is 17.2. The molecular formula is C23H24FN7O2. The molecule has 3 N–H and O–H groups in total. The molecule has 33 heavy (non-hydrogen) atoms. The minimum atomic E-state index is -0.492. The number of aromatic nitrogens is 5. The average Bonchev–Trinajstić information content (AvgIpc) is 3.24. The number of ether oxygens (including phenoxy) is 1. The Kier molecular flexibility index (Phi) is 5.51. The monoisotopic (exact) mass is 449 g/mol. The highest BCUT2D eigenvalue weighted by atomic mass is 19.1. The first-order chi connectivity index (χ1) is 16.1. The number of aromatic amines is 1. The van der Waals surface area contributed by atoms with Gasteiger partial charge >= 0.3 is 0 Å². The van der Waals surface area contributed by atoms with Gasteiger partial charge in [-0.2, -0.15) is 10.2 Å². The zero-order valence-electron chi connectivity index (χ0n) is 18.3. The van der Waals surface area contributed by atoms with Crippen LogP contribution in [0.3, 0.4) is 0 Å². The van der Waals surface area contributed by atoms with E-state index in [9.17, 15) is 9.18 Å². The molecule has 2 aromatic heterocycles. The van der Waals surface area contributed by atoms with Crippen LogP contribution in [-0.4, -0.2) is 45.2 Å². The molecule has 2 unspecified atom stereocenters. The molecular weight excluding hydrogens is 425 g/mol. The van der Waals surface area contributed by atoms with Crippen molar-refractivity contribution in [2.75, 3.05) is 25.5 Å². The summed E-state index contributed by atoms with van der Waals surface area (Å²) < 4.78 is 21.8. The van der Waals surface area contributed by atoms with E-state index in [1.54, 1.807) is 4.68 Å². The van der Waals surface area contributed by atoms with Crippen molar-refractivity contribution < 1.29 is 9.13 Å². The number of benzene rings is 2. The minimum absolute atomic E-state index is 0.249. The first kappa shape index (κ1) is 21.1. The molecule has 0 fully saturated rings. The van der Waals surface area contributed by atoms with E-state index in [2.05, 4.69) is 30.9 Å². The van der Waals surface area contributed by atoms with Crippen LogP contribution < -0.4 is 20.9 Å². The molecule has 0 bridgehead atoms. The lowest BCUT2D eigenvalue weighted by Gasteiger charge is -2.33. The minimum Gasteiger partial charge on any atom is -0.494 e.